The zero-order valence-electron chi connectivity index (χ0n) is 7.24. The summed E-state index contributed by atoms with van der Waals surface area (Å²) in [5, 5.41) is 3.21. The predicted molar refractivity (Wildman–Crippen MR) is 47.9 cm³/mol. The van der Waals surface area contributed by atoms with E-state index in [9.17, 15) is 4.39 Å². The van der Waals surface area contributed by atoms with Gasteiger partial charge in [-0.15, -0.1) is 11.6 Å². The van der Waals surface area contributed by atoms with Crippen molar-refractivity contribution in [1.82, 2.24) is 5.32 Å². The minimum atomic E-state index is -0.241. The van der Waals surface area contributed by atoms with Crippen LogP contribution in [-0.2, 0) is 0 Å². The molecule has 0 bridgehead atoms. The van der Waals surface area contributed by atoms with Gasteiger partial charge >= 0.3 is 0 Å². The lowest BCUT2D eigenvalue weighted by Crippen LogP contribution is -2.33. The van der Waals surface area contributed by atoms with E-state index in [2.05, 4.69) is 19.2 Å². The highest BCUT2D eigenvalue weighted by Gasteiger charge is 2.08. The molecule has 0 amide bonds. The fourth-order valence-electron chi connectivity index (χ4n) is 0.731. The maximum absolute atomic E-state index is 11.7. The molecule has 0 radical (unpaired) electrons. The van der Waals surface area contributed by atoms with Gasteiger partial charge in [0, 0.05) is 11.9 Å². The Morgan fingerprint density at radius 3 is 2.55 bits per heavy atom. The van der Waals surface area contributed by atoms with E-state index in [1.165, 1.54) is 0 Å². The van der Waals surface area contributed by atoms with Gasteiger partial charge in [-0.3, -0.25) is 4.39 Å². The Balaban J connectivity index is 3.28. The standard InChI is InChI=1S/C8H17ClFN/c1-7(6-9)8(2)11-5-3-4-10/h7-8,11H,3-6H2,1-2H3. The molecule has 2 unspecified atom stereocenters. The Morgan fingerprint density at radius 1 is 1.45 bits per heavy atom. The van der Waals surface area contributed by atoms with Crippen LogP contribution in [0.15, 0.2) is 0 Å². The van der Waals surface area contributed by atoms with Crippen molar-refractivity contribution in [2.24, 2.45) is 5.92 Å². The number of nitrogens with one attached hydrogen (secondary N) is 1. The first-order valence-electron chi connectivity index (χ1n) is 4.07. The summed E-state index contributed by atoms with van der Waals surface area (Å²) in [6.45, 7) is 4.67. The van der Waals surface area contributed by atoms with Gasteiger partial charge in [-0.1, -0.05) is 6.92 Å². The summed E-state index contributed by atoms with van der Waals surface area (Å²) in [4.78, 5) is 0. The molecular formula is C8H17ClFN. The van der Waals surface area contributed by atoms with Crippen LogP contribution in [0.3, 0.4) is 0 Å². The zero-order valence-corrected chi connectivity index (χ0v) is 7.99. The molecule has 0 aromatic rings. The van der Waals surface area contributed by atoms with Crippen molar-refractivity contribution < 1.29 is 4.39 Å². The molecule has 0 saturated carbocycles. The van der Waals surface area contributed by atoms with Crippen LogP contribution in [0, 0.1) is 5.92 Å². The molecule has 0 saturated heterocycles. The molecule has 1 nitrogen and oxygen atoms in total. The fraction of sp³-hybridized carbons (Fsp3) is 1.00. The fourth-order valence-corrected chi connectivity index (χ4v) is 0.999. The monoisotopic (exact) mass is 181 g/mol. The molecule has 0 aliphatic rings. The molecule has 1 N–H and O–H groups in total. The van der Waals surface area contributed by atoms with E-state index in [1.54, 1.807) is 0 Å². The smallest absolute Gasteiger partial charge is 0.0906 e. The highest BCUT2D eigenvalue weighted by atomic mass is 35.5. The Hall–Kier alpha value is 0.180. The van der Waals surface area contributed by atoms with Gasteiger partial charge in [0.15, 0.2) is 0 Å². The summed E-state index contributed by atoms with van der Waals surface area (Å²) >= 11 is 5.65. The minimum Gasteiger partial charge on any atom is -0.314 e. The van der Waals surface area contributed by atoms with Gasteiger partial charge in [-0.2, -0.15) is 0 Å². The van der Waals surface area contributed by atoms with E-state index in [0.717, 1.165) is 6.54 Å². The third-order valence-corrected chi connectivity index (χ3v) is 2.36. The van der Waals surface area contributed by atoms with Gasteiger partial charge in [0.2, 0.25) is 0 Å². The molecule has 0 fully saturated rings. The largest absolute Gasteiger partial charge is 0.314 e. The third-order valence-electron chi connectivity index (χ3n) is 1.87. The van der Waals surface area contributed by atoms with E-state index in [-0.39, 0.29) is 6.67 Å². The van der Waals surface area contributed by atoms with Crippen molar-refractivity contribution in [3.63, 3.8) is 0 Å². The van der Waals surface area contributed by atoms with Crippen molar-refractivity contribution in [2.45, 2.75) is 26.3 Å². The first-order valence-corrected chi connectivity index (χ1v) is 4.61. The van der Waals surface area contributed by atoms with Crippen LogP contribution in [0.1, 0.15) is 20.3 Å². The quantitative estimate of drug-likeness (QED) is 0.490. The first kappa shape index (κ1) is 11.2. The molecular weight excluding hydrogens is 165 g/mol. The molecule has 0 spiro atoms. The summed E-state index contributed by atoms with van der Waals surface area (Å²) in [5.41, 5.74) is 0. The SMILES string of the molecule is CC(CCl)C(C)NCCCF. The number of hydrogen-bond acceptors (Lipinski definition) is 1. The van der Waals surface area contributed by atoms with Crippen LogP contribution < -0.4 is 5.32 Å². The number of rotatable bonds is 6. The summed E-state index contributed by atoms with van der Waals surface area (Å²) in [6.07, 6.45) is 0.597. The molecule has 0 aromatic heterocycles. The Labute approximate surface area is 73.3 Å². The number of hydrogen-bond donors (Lipinski definition) is 1. The van der Waals surface area contributed by atoms with E-state index in [4.69, 9.17) is 11.6 Å². The van der Waals surface area contributed by atoms with Crippen LogP contribution in [0.5, 0.6) is 0 Å². The molecule has 2 atom stereocenters. The van der Waals surface area contributed by atoms with Crippen LogP contribution >= 0.6 is 11.6 Å². The van der Waals surface area contributed by atoms with Crippen LogP contribution in [0.2, 0.25) is 0 Å². The second kappa shape index (κ2) is 6.86. The molecule has 0 rings (SSSR count). The maximum atomic E-state index is 11.7. The Morgan fingerprint density at radius 2 is 2.09 bits per heavy atom. The Bertz CT molecular complexity index is 90.2. The molecule has 0 aromatic carbocycles. The van der Waals surface area contributed by atoms with E-state index < -0.39 is 0 Å². The van der Waals surface area contributed by atoms with Gasteiger partial charge in [0.1, 0.15) is 0 Å². The highest BCUT2D eigenvalue weighted by Crippen LogP contribution is 2.03. The predicted octanol–water partition coefficient (Wildman–Crippen LogP) is 2.20. The lowest BCUT2D eigenvalue weighted by molar-refractivity contribution is 0.400. The minimum absolute atomic E-state index is 0.241. The van der Waals surface area contributed by atoms with Crippen molar-refractivity contribution >= 4 is 11.6 Å². The molecule has 0 aliphatic carbocycles. The molecule has 0 heterocycles. The third kappa shape index (κ3) is 5.45. The molecule has 0 aliphatic heterocycles. The highest BCUT2D eigenvalue weighted by molar-refractivity contribution is 6.18. The number of alkyl halides is 2. The summed E-state index contributed by atoms with van der Waals surface area (Å²) in [5.74, 6) is 1.11. The average molecular weight is 182 g/mol. The van der Waals surface area contributed by atoms with Crippen LogP contribution in [0.4, 0.5) is 4.39 Å². The second-order valence-electron chi connectivity index (χ2n) is 2.92. The van der Waals surface area contributed by atoms with Gasteiger partial charge in [0.25, 0.3) is 0 Å². The first-order chi connectivity index (χ1) is 5.22. The van der Waals surface area contributed by atoms with Gasteiger partial charge in [-0.05, 0) is 25.8 Å². The maximum Gasteiger partial charge on any atom is 0.0906 e. The van der Waals surface area contributed by atoms with Crippen molar-refractivity contribution in [3.8, 4) is 0 Å². The normalized spacial score (nSPS) is 16.4. The zero-order chi connectivity index (χ0) is 8.69. The Kier molecular flexibility index (Phi) is 6.98. The van der Waals surface area contributed by atoms with Crippen molar-refractivity contribution in [3.05, 3.63) is 0 Å². The lowest BCUT2D eigenvalue weighted by atomic mass is 10.1. The number of halogens is 2. The van der Waals surface area contributed by atoms with Gasteiger partial charge in [-0.25, -0.2) is 0 Å². The molecule has 68 valence electrons. The average Bonchev–Trinajstić information content (AvgIpc) is 2.03. The van der Waals surface area contributed by atoms with Crippen LogP contribution in [0.25, 0.3) is 0 Å². The van der Waals surface area contributed by atoms with Crippen LogP contribution in [-0.4, -0.2) is 25.1 Å². The second-order valence-corrected chi connectivity index (χ2v) is 3.23. The van der Waals surface area contributed by atoms with E-state index >= 15 is 0 Å². The summed E-state index contributed by atoms with van der Waals surface area (Å²) < 4.78 is 11.7. The molecule has 11 heavy (non-hydrogen) atoms. The summed E-state index contributed by atoms with van der Waals surface area (Å²) in [6, 6.07) is 0.388. The van der Waals surface area contributed by atoms with Gasteiger partial charge in [0.05, 0.1) is 6.67 Å². The van der Waals surface area contributed by atoms with E-state index in [0.29, 0.717) is 24.3 Å². The molecule has 3 heteroatoms. The topological polar surface area (TPSA) is 12.0 Å². The van der Waals surface area contributed by atoms with Crippen molar-refractivity contribution in [2.75, 3.05) is 19.1 Å². The summed E-state index contributed by atoms with van der Waals surface area (Å²) in [7, 11) is 0. The lowest BCUT2D eigenvalue weighted by Gasteiger charge is -2.18. The van der Waals surface area contributed by atoms with Gasteiger partial charge < -0.3 is 5.32 Å². The van der Waals surface area contributed by atoms with Crippen molar-refractivity contribution in [1.29, 1.82) is 0 Å². The van der Waals surface area contributed by atoms with E-state index in [1.807, 2.05) is 0 Å².